The van der Waals surface area contributed by atoms with Gasteiger partial charge in [0.1, 0.15) is 24.0 Å². The molecule has 3 heterocycles. The van der Waals surface area contributed by atoms with Crippen molar-refractivity contribution < 1.29 is 14.2 Å². The van der Waals surface area contributed by atoms with Gasteiger partial charge in [-0.05, 0) is 35.4 Å². The molecule has 1 saturated heterocycles. The molecule has 162 valence electrons. The average Bonchev–Trinajstić information content (AvgIpc) is 2.80. The van der Waals surface area contributed by atoms with E-state index in [2.05, 4.69) is 25.9 Å². The predicted octanol–water partition coefficient (Wildman–Crippen LogP) is 2.85. The Bertz CT molecular complexity index is 1030. The summed E-state index contributed by atoms with van der Waals surface area (Å²) in [5, 5.41) is 0. The lowest BCUT2D eigenvalue weighted by Gasteiger charge is -2.33. The number of anilines is 1. The van der Waals surface area contributed by atoms with Crippen LogP contribution >= 0.6 is 0 Å². The number of hydrogen-bond acceptors (Lipinski definition) is 8. The Labute approximate surface area is 182 Å². The second kappa shape index (κ2) is 9.82. The summed E-state index contributed by atoms with van der Waals surface area (Å²) in [6.07, 6.45) is 4.88. The Balaban J connectivity index is 1.56. The number of nitrogen functional groups attached to an aromatic ring is 1. The molecule has 0 unspecified atom stereocenters. The molecule has 0 amide bonds. The first-order chi connectivity index (χ1) is 15.2. The number of rotatable bonds is 7. The van der Waals surface area contributed by atoms with E-state index in [-0.39, 0.29) is 6.10 Å². The lowest BCUT2D eigenvalue weighted by atomic mass is 10.0. The second-order valence-corrected chi connectivity index (χ2v) is 7.46. The van der Waals surface area contributed by atoms with Crippen molar-refractivity contribution in [1.82, 2.24) is 19.9 Å². The maximum absolute atomic E-state index is 6.11. The van der Waals surface area contributed by atoms with Gasteiger partial charge in [-0.3, -0.25) is 4.90 Å². The van der Waals surface area contributed by atoms with E-state index in [4.69, 9.17) is 19.9 Å². The summed E-state index contributed by atoms with van der Waals surface area (Å²) in [5.41, 5.74) is 10.8. The van der Waals surface area contributed by atoms with E-state index in [1.807, 2.05) is 24.3 Å². The van der Waals surface area contributed by atoms with Gasteiger partial charge in [0.05, 0.1) is 26.0 Å². The van der Waals surface area contributed by atoms with Crippen molar-refractivity contribution in [3.63, 3.8) is 0 Å². The van der Waals surface area contributed by atoms with Gasteiger partial charge in [0, 0.05) is 50.3 Å². The van der Waals surface area contributed by atoms with Gasteiger partial charge in [0.15, 0.2) is 0 Å². The molecule has 0 bridgehead atoms. The summed E-state index contributed by atoms with van der Waals surface area (Å²) >= 11 is 0. The fourth-order valence-electron chi connectivity index (χ4n) is 3.90. The number of methoxy groups -OCH3 is 2. The maximum atomic E-state index is 6.11. The minimum Gasteiger partial charge on any atom is -0.496 e. The topological polar surface area (TPSA) is 95.6 Å². The van der Waals surface area contributed by atoms with Crippen molar-refractivity contribution in [3.05, 3.63) is 65.9 Å². The molecule has 0 saturated carbocycles. The number of ether oxygens (including phenoxy) is 3. The minimum absolute atomic E-state index is 0.172. The van der Waals surface area contributed by atoms with Crippen LogP contribution in [-0.4, -0.2) is 53.8 Å². The van der Waals surface area contributed by atoms with Crippen molar-refractivity contribution in [1.29, 1.82) is 0 Å². The van der Waals surface area contributed by atoms with Gasteiger partial charge in [-0.15, -0.1) is 0 Å². The van der Waals surface area contributed by atoms with Crippen LogP contribution in [0.5, 0.6) is 5.75 Å². The summed E-state index contributed by atoms with van der Waals surface area (Å²) in [4.78, 5) is 15.2. The molecule has 4 rings (SSSR count). The Hall–Kier alpha value is -3.07. The Morgan fingerprint density at radius 3 is 2.90 bits per heavy atom. The largest absolute Gasteiger partial charge is 0.496 e. The van der Waals surface area contributed by atoms with E-state index < -0.39 is 0 Å². The molecule has 1 aliphatic heterocycles. The Kier molecular flexibility index (Phi) is 6.71. The Morgan fingerprint density at radius 1 is 1.19 bits per heavy atom. The lowest BCUT2D eigenvalue weighted by Crippen LogP contribution is -2.38. The number of aromatic nitrogens is 3. The van der Waals surface area contributed by atoms with E-state index in [0.717, 1.165) is 46.8 Å². The number of morpholine rings is 1. The van der Waals surface area contributed by atoms with Crippen LogP contribution in [0.4, 0.5) is 5.82 Å². The molecule has 8 heteroatoms. The van der Waals surface area contributed by atoms with Gasteiger partial charge >= 0.3 is 0 Å². The van der Waals surface area contributed by atoms with E-state index in [1.54, 1.807) is 32.9 Å². The molecular weight excluding hydrogens is 394 g/mol. The molecule has 0 radical (unpaired) electrons. The number of hydrogen-bond donors (Lipinski definition) is 1. The van der Waals surface area contributed by atoms with E-state index in [0.29, 0.717) is 25.6 Å². The van der Waals surface area contributed by atoms with Crippen molar-refractivity contribution in [2.45, 2.75) is 19.3 Å². The molecule has 2 aromatic heterocycles. The fourth-order valence-corrected chi connectivity index (χ4v) is 3.90. The summed E-state index contributed by atoms with van der Waals surface area (Å²) in [5.74, 6) is 1.33. The quantitative estimate of drug-likeness (QED) is 0.622. The first kappa shape index (κ1) is 21.2. The molecule has 31 heavy (non-hydrogen) atoms. The third-order valence-corrected chi connectivity index (χ3v) is 5.34. The van der Waals surface area contributed by atoms with E-state index in [1.165, 1.54) is 0 Å². The van der Waals surface area contributed by atoms with Gasteiger partial charge in [-0.25, -0.2) is 15.0 Å². The fraction of sp³-hybridized carbons (Fsp3) is 0.348. The summed E-state index contributed by atoms with van der Waals surface area (Å²) in [6.45, 7) is 3.48. The molecule has 1 aliphatic rings. The third kappa shape index (κ3) is 4.99. The highest BCUT2D eigenvalue weighted by Crippen LogP contribution is 2.31. The molecular formula is C23H27N5O3. The highest BCUT2D eigenvalue weighted by Gasteiger charge is 2.26. The standard InChI is InChI=1S/C23H27N5O3/c1-29-14-16-3-4-20(30-2)18(9-16)12-28-7-8-31-21(13-28)23-19(11-25-15-27-23)17-5-6-26-22(24)10-17/h3-6,9-11,15,21H,7-8,12-14H2,1-2H3,(H2,24,26)/t21-/m0/s1. The average molecular weight is 422 g/mol. The molecule has 3 aromatic rings. The van der Waals surface area contributed by atoms with Crippen molar-refractivity contribution in [2.75, 3.05) is 39.6 Å². The van der Waals surface area contributed by atoms with Crippen molar-refractivity contribution in [3.8, 4) is 16.9 Å². The van der Waals surface area contributed by atoms with Crippen LogP contribution < -0.4 is 10.5 Å². The first-order valence-corrected chi connectivity index (χ1v) is 10.2. The van der Waals surface area contributed by atoms with Crippen LogP contribution in [-0.2, 0) is 22.6 Å². The SMILES string of the molecule is COCc1ccc(OC)c(CN2CCO[C@H](c3ncncc3-c3ccnc(N)c3)C2)c1. The molecule has 0 aliphatic carbocycles. The molecule has 1 aromatic carbocycles. The molecule has 8 nitrogen and oxygen atoms in total. The van der Waals surface area contributed by atoms with Crippen LogP contribution in [0.3, 0.4) is 0 Å². The van der Waals surface area contributed by atoms with Crippen molar-refractivity contribution >= 4 is 5.82 Å². The van der Waals surface area contributed by atoms with Crippen LogP contribution in [0.25, 0.3) is 11.1 Å². The van der Waals surface area contributed by atoms with Gasteiger partial charge < -0.3 is 19.9 Å². The van der Waals surface area contributed by atoms with Gasteiger partial charge in [-0.2, -0.15) is 0 Å². The van der Waals surface area contributed by atoms with Crippen LogP contribution in [0, 0.1) is 0 Å². The number of benzene rings is 1. The van der Waals surface area contributed by atoms with Gasteiger partial charge in [-0.1, -0.05) is 6.07 Å². The van der Waals surface area contributed by atoms with E-state index in [9.17, 15) is 0 Å². The van der Waals surface area contributed by atoms with Crippen molar-refractivity contribution in [2.24, 2.45) is 0 Å². The van der Waals surface area contributed by atoms with Crippen LogP contribution in [0.15, 0.2) is 49.1 Å². The monoisotopic (exact) mass is 421 g/mol. The second-order valence-electron chi connectivity index (χ2n) is 7.46. The number of pyridine rings is 1. The summed E-state index contributed by atoms with van der Waals surface area (Å²) in [7, 11) is 3.40. The zero-order valence-corrected chi connectivity index (χ0v) is 17.8. The third-order valence-electron chi connectivity index (χ3n) is 5.34. The zero-order valence-electron chi connectivity index (χ0n) is 17.8. The number of nitrogens with zero attached hydrogens (tertiary/aromatic N) is 4. The smallest absolute Gasteiger partial charge is 0.123 e. The predicted molar refractivity (Wildman–Crippen MR) is 117 cm³/mol. The summed E-state index contributed by atoms with van der Waals surface area (Å²) < 4.78 is 17.0. The lowest BCUT2D eigenvalue weighted by molar-refractivity contribution is -0.0349. The minimum atomic E-state index is -0.172. The highest BCUT2D eigenvalue weighted by molar-refractivity contribution is 5.67. The maximum Gasteiger partial charge on any atom is 0.123 e. The number of nitrogens with two attached hydrogens (primary N) is 1. The summed E-state index contributed by atoms with van der Waals surface area (Å²) in [6, 6.07) is 9.91. The van der Waals surface area contributed by atoms with E-state index >= 15 is 0 Å². The normalized spacial score (nSPS) is 16.9. The van der Waals surface area contributed by atoms with Crippen LogP contribution in [0.2, 0.25) is 0 Å². The van der Waals surface area contributed by atoms with Gasteiger partial charge in [0.2, 0.25) is 0 Å². The molecule has 2 N–H and O–H groups in total. The molecule has 1 fully saturated rings. The highest BCUT2D eigenvalue weighted by atomic mass is 16.5. The first-order valence-electron chi connectivity index (χ1n) is 10.2. The molecule has 1 atom stereocenters. The van der Waals surface area contributed by atoms with Gasteiger partial charge in [0.25, 0.3) is 0 Å². The zero-order chi connectivity index (χ0) is 21.6. The van der Waals surface area contributed by atoms with Crippen LogP contribution in [0.1, 0.15) is 22.9 Å². The Morgan fingerprint density at radius 2 is 2.10 bits per heavy atom. The molecule has 0 spiro atoms.